The lowest BCUT2D eigenvalue weighted by atomic mass is 10.1. The number of urea groups is 1. The second-order valence-corrected chi connectivity index (χ2v) is 10.8. The fraction of sp³-hybridized carbons (Fsp3) is 0.407. The van der Waals surface area contributed by atoms with Crippen LogP contribution in [0, 0.1) is 0 Å². The van der Waals surface area contributed by atoms with Gasteiger partial charge in [0.2, 0.25) is 5.88 Å². The number of nitrogens with zero attached hydrogens (tertiary/aromatic N) is 5. The summed E-state index contributed by atoms with van der Waals surface area (Å²) < 4.78 is 57.1. The predicted octanol–water partition coefficient (Wildman–Crippen LogP) is 5.37. The summed E-state index contributed by atoms with van der Waals surface area (Å²) in [6, 6.07) is 7.22. The van der Waals surface area contributed by atoms with Crippen molar-refractivity contribution in [2.45, 2.75) is 44.4 Å². The Balaban J connectivity index is 1.25. The Morgan fingerprint density at radius 3 is 2.83 bits per heavy atom. The quantitative estimate of drug-likeness (QED) is 0.423. The van der Waals surface area contributed by atoms with Gasteiger partial charge in [-0.05, 0) is 38.5 Å². The van der Waals surface area contributed by atoms with Crippen molar-refractivity contribution >= 4 is 35.0 Å². The lowest BCUT2D eigenvalue weighted by Gasteiger charge is -2.36. The first kappa shape index (κ1) is 27.5. The van der Waals surface area contributed by atoms with Gasteiger partial charge in [0.15, 0.2) is 11.6 Å². The number of amides is 2. The van der Waals surface area contributed by atoms with Gasteiger partial charge in [0.1, 0.15) is 24.9 Å². The molecule has 3 aliphatic heterocycles. The van der Waals surface area contributed by atoms with E-state index in [1.807, 2.05) is 13.8 Å². The largest absolute Gasteiger partial charge is 0.475 e. The van der Waals surface area contributed by atoms with Crippen molar-refractivity contribution in [2.24, 2.45) is 0 Å². The number of carbonyl (C=O) groups is 1. The van der Waals surface area contributed by atoms with Gasteiger partial charge < -0.3 is 19.1 Å². The molecule has 3 aromatic rings. The van der Waals surface area contributed by atoms with E-state index in [2.05, 4.69) is 25.2 Å². The number of anilines is 3. The maximum Gasteiger partial charge on any atom is 0.416 e. The van der Waals surface area contributed by atoms with Crippen LogP contribution in [0.15, 0.2) is 42.7 Å². The predicted molar refractivity (Wildman–Crippen MR) is 144 cm³/mol. The minimum atomic E-state index is -4.53. The Hall–Kier alpha value is -3.68. The molecular weight excluding hydrogens is 565 g/mol. The van der Waals surface area contributed by atoms with E-state index in [-0.39, 0.29) is 46.7 Å². The molecule has 0 aliphatic carbocycles. The molecule has 0 saturated carbocycles. The Kier molecular flexibility index (Phi) is 6.91. The maximum absolute atomic E-state index is 13.6. The minimum absolute atomic E-state index is 0.149. The van der Waals surface area contributed by atoms with Crippen LogP contribution in [0.25, 0.3) is 11.3 Å². The molecule has 216 valence electrons. The number of rotatable bonds is 5. The summed E-state index contributed by atoms with van der Waals surface area (Å²) in [6.45, 7) is 5.47. The van der Waals surface area contributed by atoms with Crippen molar-refractivity contribution in [3.63, 3.8) is 0 Å². The van der Waals surface area contributed by atoms with Crippen LogP contribution in [0.4, 0.5) is 35.3 Å². The molecule has 3 aliphatic rings. The molecule has 10 nitrogen and oxygen atoms in total. The van der Waals surface area contributed by atoms with E-state index in [0.717, 1.165) is 12.1 Å². The van der Waals surface area contributed by atoms with Crippen LogP contribution in [0.3, 0.4) is 0 Å². The van der Waals surface area contributed by atoms with E-state index >= 15 is 0 Å². The van der Waals surface area contributed by atoms with E-state index in [1.54, 1.807) is 6.07 Å². The molecule has 0 radical (unpaired) electrons. The number of aromatic nitrogens is 3. The van der Waals surface area contributed by atoms with Gasteiger partial charge in [0.05, 0.1) is 34.6 Å². The summed E-state index contributed by atoms with van der Waals surface area (Å²) in [5.74, 6) is 0.0718. The van der Waals surface area contributed by atoms with Gasteiger partial charge in [-0.2, -0.15) is 13.2 Å². The van der Waals surface area contributed by atoms with Gasteiger partial charge >= 0.3 is 12.2 Å². The van der Waals surface area contributed by atoms with Gasteiger partial charge in [-0.25, -0.2) is 19.7 Å². The van der Waals surface area contributed by atoms with Gasteiger partial charge in [0, 0.05) is 24.7 Å². The molecular formula is C27H26ClF3N6O4. The van der Waals surface area contributed by atoms with E-state index in [4.69, 9.17) is 25.8 Å². The average Bonchev–Trinajstić information content (AvgIpc) is 3.50. The Labute approximate surface area is 238 Å². The first-order valence-corrected chi connectivity index (χ1v) is 13.3. The van der Waals surface area contributed by atoms with Crippen LogP contribution < -0.4 is 19.9 Å². The number of nitrogens with one attached hydrogen (secondary N) is 1. The zero-order valence-electron chi connectivity index (χ0n) is 22.1. The number of halogens is 4. The minimum Gasteiger partial charge on any atom is -0.475 e. The van der Waals surface area contributed by atoms with Crippen molar-refractivity contribution in [3.05, 3.63) is 53.3 Å². The van der Waals surface area contributed by atoms with Crippen molar-refractivity contribution < 1.29 is 32.2 Å². The van der Waals surface area contributed by atoms with E-state index in [1.165, 1.54) is 29.4 Å². The normalized spacial score (nSPS) is 21.1. The number of hydrogen-bond acceptors (Lipinski definition) is 8. The first-order chi connectivity index (χ1) is 19.5. The molecule has 41 heavy (non-hydrogen) atoms. The standard InChI is InChI=1S/C27H26ClF3N6O4/c1-26(2)40-13-18(41-26)12-39-22-10-21(32-14-33-22)34-25(38)37-17-6-7-36(11-17)20-9-19(28)23(35-24(20)37)15-4-3-5-16(8-15)27(29,30)31/h3-5,8-10,14,17-18H,6-7,11-13H2,1-2H3,(H,32,33,34,38)/t17?,18-/m0/s1. The highest BCUT2D eigenvalue weighted by atomic mass is 35.5. The lowest BCUT2D eigenvalue weighted by Crippen LogP contribution is -2.48. The first-order valence-electron chi connectivity index (χ1n) is 13.0. The molecule has 1 unspecified atom stereocenters. The molecule has 2 aromatic heterocycles. The van der Waals surface area contributed by atoms with Gasteiger partial charge in [-0.3, -0.25) is 10.2 Å². The number of carbonyl (C=O) groups excluding carboxylic acids is 1. The molecule has 0 spiro atoms. The summed E-state index contributed by atoms with van der Waals surface area (Å²) >= 11 is 6.53. The fourth-order valence-electron chi connectivity index (χ4n) is 5.21. The monoisotopic (exact) mass is 590 g/mol. The van der Waals surface area contributed by atoms with Crippen LogP contribution in [0.2, 0.25) is 5.02 Å². The summed E-state index contributed by atoms with van der Waals surface area (Å²) in [5, 5.41) is 2.97. The van der Waals surface area contributed by atoms with E-state index in [0.29, 0.717) is 37.6 Å². The third-order valence-electron chi connectivity index (χ3n) is 7.08. The van der Waals surface area contributed by atoms with Gasteiger partial charge in [-0.15, -0.1) is 0 Å². The number of hydrogen-bond donors (Lipinski definition) is 1. The Morgan fingerprint density at radius 1 is 1.24 bits per heavy atom. The highest BCUT2D eigenvalue weighted by Gasteiger charge is 2.41. The van der Waals surface area contributed by atoms with Crippen molar-refractivity contribution in [2.75, 3.05) is 41.4 Å². The van der Waals surface area contributed by atoms with Crippen LogP contribution in [0.5, 0.6) is 5.88 Å². The number of benzene rings is 1. The third kappa shape index (κ3) is 5.61. The molecule has 6 rings (SSSR count). The SMILES string of the molecule is CC1(C)OC[C@H](COc2cc(NC(=O)N3c4nc(-c5cccc(C(F)(F)F)c5)c(Cl)cc4N4CCC3C4)ncn2)O1. The Morgan fingerprint density at radius 2 is 2.07 bits per heavy atom. The highest BCUT2D eigenvalue weighted by molar-refractivity contribution is 6.33. The number of pyridine rings is 1. The van der Waals surface area contributed by atoms with Gasteiger partial charge in [0.25, 0.3) is 0 Å². The zero-order chi connectivity index (χ0) is 28.9. The number of ether oxygens (including phenoxy) is 3. The van der Waals surface area contributed by atoms with Crippen LogP contribution >= 0.6 is 11.6 Å². The van der Waals surface area contributed by atoms with Crippen LogP contribution in [0.1, 0.15) is 25.8 Å². The molecule has 2 bridgehead atoms. The summed E-state index contributed by atoms with van der Waals surface area (Å²) in [7, 11) is 0. The zero-order valence-corrected chi connectivity index (χ0v) is 22.9. The van der Waals surface area contributed by atoms with Crippen molar-refractivity contribution in [1.29, 1.82) is 0 Å². The van der Waals surface area contributed by atoms with Crippen molar-refractivity contribution in [1.82, 2.24) is 15.0 Å². The van der Waals surface area contributed by atoms with Crippen LogP contribution in [-0.2, 0) is 15.7 Å². The molecule has 2 amide bonds. The summed E-state index contributed by atoms with van der Waals surface area (Å²) in [6.07, 6.45) is -2.84. The topological polar surface area (TPSA) is 102 Å². The van der Waals surface area contributed by atoms with Crippen molar-refractivity contribution in [3.8, 4) is 17.1 Å². The Bertz CT molecular complexity index is 1490. The van der Waals surface area contributed by atoms with E-state index < -0.39 is 23.6 Å². The molecule has 1 N–H and O–H groups in total. The molecule has 14 heteroatoms. The molecule has 5 heterocycles. The fourth-order valence-corrected chi connectivity index (χ4v) is 5.47. The average molecular weight is 591 g/mol. The third-order valence-corrected chi connectivity index (χ3v) is 7.37. The summed E-state index contributed by atoms with van der Waals surface area (Å²) in [4.78, 5) is 30.1. The highest BCUT2D eigenvalue weighted by Crippen LogP contribution is 2.43. The van der Waals surface area contributed by atoms with Crippen LogP contribution in [-0.4, -0.2) is 65.2 Å². The lowest BCUT2D eigenvalue weighted by molar-refractivity contribution is -0.141. The number of alkyl halides is 3. The second kappa shape index (κ2) is 10.3. The van der Waals surface area contributed by atoms with E-state index in [9.17, 15) is 18.0 Å². The summed E-state index contributed by atoms with van der Waals surface area (Å²) in [5.41, 5.74) is 0.152. The smallest absolute Gasteiger partial charge is 0.416 e. The molecule has 2 fully saturated rings. The van der Waals surface area contributed by atoms with Gasteiger partial charge in [-0.1, -0.05) is 23.7 Å². The number of fused-ring (bicyclic) bond motifs is 4. The molecule has 1 aromatic carbocycles. The molecule has 2 saturated heterocycles. The second-order valence-electron chi connectivity index (χ2n) is 10.4. The maximum atomic E-state index is 13.6. The molecule has 2 atom stereocenters.